The lowest BCUT2D eigenvalue weighted by atomic mass is 9.99. The van der Waals surface area contributed by atoms with Gasteiger partial charge < -0.3 is 5.11 Å². The molecule has 1 aliphatic rings. The molecule has 0 aliphatic heterocycles. The van der Waals surface area contributed by atoms with Crippen LogP contribution >= 0.6 is 0 Å². The third-order valence-electron chi connectivity index (χ3n) is 3.96. The maximum absolute atomic E-state index is 10.7. The normalized spacial score (nSPS) is 25.5. The summed E-state index contributed by atoms with van der Waals surface area (Å²) in [6, 6.07) is 0.583. The molecule has 3 heteroatoms. The van der Waals surface area contributed by atoms with Crippen molar-refractivity contribution in [3.05, 3.63) is 0 Å². The van der Waals surface area contributed by atoms with Gasteiger partial charge in [-0.05, 0) is 46.0 Å². The zero-order valence-corrected chi connectivity index (χ0v) is 11.7. The molecule has 1 rings (SSSR count). The summed E-state index contributed by atoms with van der Waals surface area (Å²) >= 11 is 0. The lowest BCUT2D eigenvalue weighted by Crippen LogP contribution is -2.48. The van der Waals surface area contributed by atoms with E-state index >= 15 is 0 Å². The third kappa shape index (κ3) is 4.30. The van der Waals surface area contributed by atoms with Crippen molar-refractivity contribution < 1.29 is 9.90 Å². The fourth-order valence-corrected chi connectivity index (χ4v) is 2.98. The van der Waals surface area contributed by atoms with Gasteiger partial charge in [0, 0.05) is 18.1 Å². The van der Waals surface area contributed by atoms with E-state index in [4.69, 9.17) is 5.11 Å². The second-order valence-electron chi connectivity index (χ2n) is 6.25. The zero-order valence-electron chi connectivity index (χ0n) is 11.7. The predicted molar refractivity (Wildman–Crippen MR) is 70.1 cm³/mol. The Hall–Kier alpha value is -0.570. The Morgan fingerprint density at radius 1 is 1.35 bits per heavy atom. The maximum Gasteiger partial charge on any atom is 0.304 e. The van der Waals surface area contributed by atoms with Gasteiger partial charge in [0.25, 0.3) is 0 Å². The van der Waals surface area contributed by atoms with Crippen molar-refractivity contribution in [2.75, 3.05) is 6.54 Å². The van der Waals surface area contributed by atoms with E-state index in [1.165, 1.54) is 25.7 Å². The topological polar surface area (TPSA) is 40.5 Å². The van der Waals surface area contributed by atoms with Crippen LogP contribution in [-0.4, -0.2) is 34.1 Å². The maximum atomic E-state index is 10.7. The molecule has 0 heterocycles. The molecule has 1 aliphatic carbocycles. The fraction of sp³-hybridized carbons (Fsp3) is 0.929. The molecule has 1 N–H and O–H groups in total. The second-order valence-corrected chi connectivity index (χ2v) is 6.25. The number of nitrogens with zero attached hydrogens (tertiary/aromatic N) is 1. The average Bonchev–Trinajstić information content (AvgIpc) is 2.63. The molecule has 0 spiro atoms. The summed E-state index contributed by atoms with van der Waals surface area (Å²) in [7, 11) is 0. The fourth-order valence-electron chi connectivity index (χ4n) is 2.98. The summed E-state index contributed by atoms with van der Waals surface area (Å²) in [5.74, 6) is 0.152. The monoisotopic (exact) mass is 241 g/mol. The van der Waals surface area contributed by atoms with E-state index in [0.717, 1.165) is 5.92 Å². The van der Waals surface area contributed by atoms with E-state index in [0.29, 0.717) is 12.6 Å². The van der Waals surface area contributed by atoms with Crippen LogP contribution < -0.4 is 0 Å². The first kappa shape index (κ1) is 14.5. The van der Waals surface area contributed by atoms with E-state index in [1.54, 1.807) is 0 Å². The first-order valence-electron chi connectivity index (χ1n) is 6.83. The Morgan fingerprint density at radius 3 is 2.41 bits per heavy atom. The van der Waals surface area contributed by atoms with Gasteiger partial charge in [0.05, 0.1) is 6.42 Å². The smallest absolute Gasteiger partial charge is 0.304 e. The minimum atomic E-state index is -0.690. The van der Waals surface area contributed by atoms with E-state index in [9.17, 15) is 4.79 Å². The van der Waals surface area contributed by atoms with Gasteiger partial charge in [-0.1, -0.05) is 13.3 Å². The summed E-state index contributed by atoms with van der Waals surface area (Å²) in [6.07, 6.45) is 5.29. The molecule has 17 heavy (non-hydrogen) atoms. The van der Waals surface area contributed by atoms with Gasteiger partial charge in [0.15, 0.2) is 0 Å². The van der Waals surface area contributed by atoms with Crippen molar-refractivity contribution in [3.8, 4) is 0 Å². The molecule has 0 amide bonds. The van der Waals surface area contributed by atoms with Crippen molar-refractivity contribution >= 4 is 5.97 Å². The number of aliphatic carboxylic acids is 1. The van der Waals surface area contributed by atoms with Crippen LogP contribution in [0.2, 0.25) is 0 Å². The number of rotatable bonds is 5. The molecule has 3 nitrogen and oxygen atoms in total. The van der Waals surface area contributed by atoms with Crippen molar-refractivity contribution in [3.63, 3.8) is 0 Å². The van der Waals surface area contributed by atoms with Gasteiger partial charge in [-0.3, -0.25) is 9.69 Å². The summed E-state index contributed by atoms with van der Waals surface area (Å²) in [6.45, 7) is 9.50. The van der Waals surface area contributed by atoms with Crippen molar-refractivity contribution in [2.24, 2.45) is 5.92 Å². The van der Waals surface area contributed by atoms with Gasteiger partial charge in [-0.15, -0.1) is 0 Å². The number of hydrogen-bond acceptors (Lipinski definition) is 2. The molecule has 100 valence electrons. The Bertz CT molecular complexity index is 257. The van der Waals surface area contributed by atoms with E-state index in [1.807, 2.05) is 0 Å². The third-order valence-corrected chi connectivity index (χ3v) is 3.96. The highest BCUT2D eigenvalue weighted by Crippen LogP contribution is 2.34. The van der Waals surface area contributed by atoms with Gasteiger partial charge in [0.2, 0.25) is 0 Å². The van der Waals surface area contributed by atoms with Crippen LogP contribution in [0.25, 0.3) is 0 Å². The number of carboxylic acid groups (broad SMARTS) is 1. The number of carbonyl (C=O) groups is 1. The molecule has 0 saturated heterocycles. The van der Waals surface area contributed by atoms with Crippen molar-refractivity contribution in [2.45, 2.75) is 71.4 Å². The van der Waals surface area contributed by atoms with Crippen LogP contribution in [-0.2, 0) is 4.79 Å². The van der Waals surface area contributed by atoms with Crippen LogP contribution in [0.5, 0.6) is 0 Å². The van der Waals surface area contributed by atoms with Crippen molar-refractivity contribution in [1.82, 2.24) is 4.90 Å². The summed E-state index contributed by atoms with van der Waals surface area (Å²) in [4.78, 5) is 13.1. The molecule has 0 aromatic carbocycles. The predicted octanol–water partition coefficient (Wildman–Crippen LogP) is 3.14. The van der Waals surface area contributed by atoms with Crippen LogP contribution in [0, 0.1) is 5.92 Å². The van der Waals surface area contributed by atoms with Crippen LogP contribution in [0.15, 0.2) is 0 Å². The van der Waals surface area contributed by atoms with E-state index in [2.05, 4.69) is 32.6 Å². The SMILES string of the molecule is CCC1CCC(N(CCC(=O)O)C(C)(C)C)C1. The highest BCUT2D eigenvalue weighted by molar-refractivity contribution is 5.66. The minimum Gasteiger partial charge on any atom is -0.481 e. The molecular weight excluding hydrogens is 214 g/mol. The van der Waals surface area contributed by atoms with Gasteiger partial charge in [0.1, 0.15) is 0 Å². The quantitative estimate of drug-likeness (QED) is 0.804. The summed E-state index contributed by atoms with van der Waals surface area (Å²) < 4.78 is 0. The average molecular weight is 241 g/mol. The Kier molecular flexibility index (Phi) is 4.99. The zero-order chi connectivity index (χ0) is 13.1. The van der Waals surface area contributed by atoms with Gasteiger partial charge in [-0.25, -0.2) is 0 Å². The highest BCUT2D eigenvalue weighted by atomic mass is 16.4. The lowest BCUT2D eigenvalue weighted by Gasteiger charge is -2.40. The largest absolute Gasteiger partial charge is 0.481 e. The summed E-state index contributed by atoms with van der Waals surface area (Å²) in [5, 5.41) is 8.84. The Morgan fingerprint density at radius 2 is 2.00 bits per heavy atom. The van der Waals surface area contributed by atoms with Gasteiger partial charge >= 0.3 is 5.97 Å². The Labute approximate surface area is 105 Å². The van der Waals surface area contributed by atoms with E-state index in [-0.39, 0.29) is 12.0 Å². The molecule has 1 saturated carbocycles. The van der Waals surface area contributed by atoms with Crippen LogP contribution in [0.3, 0.4) is 0 Å². The second kappa shape index (κ2) is 5.85. The van der Waals surface area contributed by atoms with Crippen LogP contribution in [0.4, 0.5) is 0 Å². The van der Waals surface area contributed by atoms with Crippen LogP contribution in [0.1, 0.15) is 59.8 Å². The summed E-state index contributed by atoms with van der Waals surface area (Å²) in [5.41, 5.74) is 0.0722. The molecular formula is C14H27NO2. The van der Waals surface area contributed by atoms with E-state index < -0.39 is 5.97 Å². The Balaban J connectivity index is 2.61. The molecule has 0 aromatic rings. The highest BCUT2D eigenvalue weighted by Gasteiger charge is 2.34. The molecule has 0 radical (unpaired) electrons. The van der Waals surface area contributed by atoms with Gasteiger partial charge in [-0.2, -0.15) is 0 Å². The lowest BCUT2D eigenvalue weighted by molar-refractivity contribution is -0.137. The standard InChI is InChI=1S/C14H27NO2/c1-5-11-6-7-12(10-11)15(14(2,3)4)9-8-13(16)17/h11-12H,5-10H2,1-4H3,(H,16,17). The molecule has 2 atom stereocenters. The first-order valence-corrected chi connectivity index (χ1v) is 6.83. The molecule has 0 bridgehead atoms. The van der Waals surface area contributed by atoms with Crippen molar-refractivity contribution in [1.29, 1.82) is 0 Å². The number of hydrogen-bond donors (Lipinski definition) is 1. The number of carboxylic acids is 1. The first-order chi connectivity index (χ1) is 7.84. The molecule has 1 fully saturated rings. The molecule has 2 unspecified atom stereocenters. The molecule has 0 aromatic heterocycles. The minimum absolute atomic E-state index is 0.0722.